The van der Waals surface area contributed by atoms with Crippen LogP contribution in [0.15, 0.2) is 54.6 Å². The maximum Gasteiger partial charge on any atom is 0.242 e. The zero-order chi connectivity index (χ0) is 18.9. The standard InChI is InChI=1S/C20H23FN2O2S/c1-15(20(25)22-2)23(12-16-8-4-3-5-9-16)19(24)14-26-13-17-10-6-7-11-18(17)21/h3-11,15H,12-14H2,1-2H3,(H,22,25)/t15-/m1/s1. The average molecular weight is 374 g/mol. The van der Waals surface area contributed by atoms with Crippen molar-refractivity contribution in [3.63, 3.8) is 0 Å². The molecule has 138 valence electrons. The molecule has 0 saturated heterocycles. The summed E-state index contributed by atoms with van der Waals surface area (Å²) in [5.74, 6) is -0.0407. The molecule has 0 aliphatic carbocycles. The normalized spacial score (nSPS) is 11.7. The first-order valence-corrected chi connectivity index (χ1v) is 9.54. The van der Waals surface area contributed by atoms with E-state index in [1.54, 1.807) is 37.1 Å². The lowest BCUT2D eigenvalue weighted by Crippen LogP contribution is -2.47. The number of nitrogens with one attached hydrogen (secondary N) is 1. The minimum absolute atomic E-state index is 0.147. The summed E-state index contributed by atoms with van der Waals surface area (Å²) < 4.78 is 13.7. The van der Waals surface area contributed by atoms with Gasteiger partial charge in [-0.05, 0) is 24.1 Å². The molecule has 2 aromatic carbocycles. The fourth-order valence-corrected chi connectivity index (χ4v) is 3.41. The first-order valence-electron chi connectivity index (χ1n) is 8.39. The summed E-state index contributed by atoms with van der Waals surface area (Å²) in [5, 5.41) is 2.59. The molecule has 0 heterocycles. The van der Waals surface area contributed by atoms with E-state index in [2.05, 4.69) is 5.32 Å². The van der Waals surface area contributed by atoms with Crippen molar-refractivity contribution in [2.75, 3.05) is 12.8 Å². The third-order valence-corrected chi connectivity index (χ3v) is 5.02. The van der Waals surface area contributed by atoms with Gasteiger partial charge in [-0.3, -0.25) is 9.59 Å². The van der Waals surface area contributed by atoms with E-state index in [0.717, 1.165) is 5.56 Å². The van der Waals surface area contributed by atoms with E-state index in [1.165, 1.54) is 17.8 Å². The van der Waals surface area contributed by atoms with Crippen molar-refractivity contribution in [1.29, 1.82) is 0 Å². The first kappa shape index (κ1) is 20.0. The molecular formula is C20H23FN2O2S. The summed E-state index contributed by atoms with van der Waals surface area (Å²) in [7, 11) is 1.55. The van der Waals surface area contributed by atoms with Gasteiger partial charge in [-0.1, -0.05) is 48.5 Å². The van der Waals surface area contributed by atoms with Crippen LogP contribution in [0.2, 0.25) is 0 Å². The summed E-state index contributed by atoms with van der Waals surface area (Å²) in [5.41, 5.74) is 1.52. The fourth-order valence-electron chi connectivity index (χ4n) is 2.52. The molecule has 0 bridgehead atoms. The number of rotatable bonds is 8. The highest BCUT2D eigenvalue weighted by molar-refractivity contribution is 7.99. The number of nitrogens with zero attached hydrogens (tertiary/aromatic N) is 1. The Labute approximate surface area is 157 Å². The molecule has 0 saturated carbocycles. The maximum atomic E-state index is 13.7. The Bertz CT molecular complexity index is 740. The SMILES string of the molecule is CNC(=O)[C@@H](C)N(Cc1ccccc1)C(=O)CSCc1ccccc1F. The van der Waals surface area contributed by atoms with Crippen LogP contribution in [0.1, 0.15) is 18.1 Å². The van der Waals surface area contributed by atoms with Crippen LogP contribution in [0.5, 0.6) is 0 Å². The highest BCUT2D eigenvalue weighted by Crippen LogP contribution is 2.17. The molecule has 0 spiro atoms. The lowest BCUT2D eigenvalue weighted by atomic mass is 10.1. The fraction of sp³-hybridized carbons (Fsp3) is 0.300. The Hall–Kier alpha value is -2.34. The van der Waals surface area contributed by atoms with Crippen molar-refractivity contribution in [2.45, 2.75) is 25.3 Å². The molecule has 0 unspecified atom stereocenters. The van der Waals surface area contributed by atoms with Crippen molar-refractivity contribution in [2.24, 2.45) is 0 Å². The number of hydrogen-bond acceptors (Lipinski definition) is 3. The van der Waals surface area contributed by atoms with E-state index in [0.29, 0.717) is 17.9 Å². The molecule has 1 atom stereocenters. The molecule has 1 N–H and O–H groups in total. The molecule has 0 aliphatic rings. The van der Waals surface area contributed by atoms with E-state index in [-0.39, 0.29) is 23.4 Å². The average Bonchev–Trinajstić information content (AvgIpc) is 2.67. The lowest BCUT2D eigenvalue weighted by molar-refractivity contribution is -0.138. The van der Waals surface area contributed by atoms with Crippen molar-refractivity contribution in [3.8, 4) is 0 Å². The van der Waals surface area contributed by atoms with Crippen LogP contribution >= 0.6 is 11.8 Å². The van der Waals surface area contributed by atoms with Crippen LogP contribution < -0.4 is 5.32 Å². The van der Waals surface area contributed by atoms with Gasteiger partial charge in [0.05, 0.1) is 5.75 Å². The van der Waals surface area contributed by atoms with E-state index < -0.39 is 6.04 Å². The van der Waals surface area contributed by atoms with Crippen LogP contribution in [0.3, 0.4) is 0 Å². The topological polar surface area (TPSA) is 49.4 Å². The van der Waals surface area contributed by atoms with Gasteiger partial charge < -0.3 is 10.2 Å². The van der Waals surface area contributed by atoms with Crippen LogP contribution in [0.4, 0.5) is 4.39 Å². The zero-order valence-electron chi connectivity index (χ0n) is 14.9. The second-order valence-electron chi connectivity index (χ2n) is 5.88. The predicted molar refractivity (Wildman–Crippen MR) is 103 cm³/mol. The zero-order valence-corrected chi connectivity index (χ0v) is 15.8. The minimum Gasteiger partial charge on any atom is -0.357 e. The van der Waals surface area contributed by atoms with Gasteiger partial charge in [0.25, 0.3) is 0 Å². The third kappa shape index (κ3) is 5.59. The Morgan fingerprint density at radius 2 is 1.77 bits per heavy atom. The summed E-state index contributed by atoms with van der Waals surface area (Å²) in [6.07, 6.45) is 0. The van der Waals surface area contributed by atoms with E-state index in [1.807, 2.05) is 30.3 Å². The summed E-state index contributed by atoms with van der Waals surface area (Å²) >= 11 is 1.34. The Morgan fingerprint density at radius 3 is 2.42 bits per heavy atom. The summed E-state index contributed by atoms with van der Waals surface area (Å²) in [4.78, 5) is 26.3. The van der Waals surface area contributed by atoms with Gasteiger partial charge in [-0.15, -0.1) is 11.8 Å². The smallest absolute Gasteiger partial charge is 0.242 e. The van der Waals surface area contributed by atoms with E-state index in [9.17, 15) is 14.0 Å². The molecule has 4 nitrogen and oxygen atoms in total. The van der Waals surface area contributed by atoms with Crippen LogP contribution in [-0.4, -0.2) is 35.6 Å². The Kier molecular flexibility index (Phi) is 7.66. The Morgan fingerprint density at radius 1 is 1.12 bits per heavy atom. The van der Waals surface area contributed by atoms with Gasteiger partial charge in [0, 0.05) is 19.3 Å². The van der Waals surface area contributed by atoms with Crippen molar-refractivity contribution in [1.82, 2.24) is 10.2 Å². The molecule has 2 rings (SSSR count). The lowest BCUT2D eigenvalue weighted by Gasteiger charge is -2.28. The molecule has 26 heavy (non-hydrogen) atoms. The molecule has 2 aromatic rings. The molecule has 6 heteroatoms. The molecule has 0 aliphatic heterocycles. The highest BCUT2D eigenvalue weighted by Gasteiger charge is 2.25. The molecule has 0 fully saturated rings. The molecule has 2 amide bonds. The van der Waals surface area contributed by atoms with Gasteiger partial charge in [0.15, 0.2) is 0 Å². The van der Waals surface area contributed by atoms with Gasteiger partial charge in [0.1, 0.15) is 11.9 Å². The molecule has 0 radical (unpaired) electrons. The molecular weight excluding hydrogens is 351 g/mol. The number of benzene rings is 2. The van der Waals surface area contributed by atoms with Crippen LogP contribution in [0, 0.1) is 5.82 Å². The number of carbonyl (C=O) groups excluding carboxylic acids is 2. The van der Waals surface area contributed by atoms with Crippen LogP contribution in [0.25, 0.3) is 0 Å². The number of halogens is 1. The number of likely N-dealkylation sites (N-methyl/N-ethyl adjacent to an activating group) is 1. The largest absolute Gasteiger partial charge is 0.357 e. The van der Waals surface area contributed by atoms with Gasteiger partial charge >= 0.3 is 0 Å². The number of hydrogen-bond donors (Lipinski definition) is 1. The maximum absolute atomic E-state index is 13.7. The van der Waals surface area contributed by atoms with Crippen LogP contribution in [-0.2, 0) is 21.9 Å². The number of thioether (sulfide) groups is 1. The summed E-state index contributed by atoms with van der Waals surface area (Å²) in [6, 6.07) is 15.5. The van der Waals surface area contributed by atoms with Crippen molar-refractivity contribution < 1.29 is 14.0 Å². The second-order valence-corrected chi connectivity index (χ2v) is 6.87. The quantitative estimate of drug-likeness (QED) is 0.772. The number of amides is 2. The molecule has 0 aromatic heterocycles. The predicted octanol–water partition coefficient (Wildman–Crippen LogP) is 3.22. The van der Waals surface area contributed by atoms with Crippen molar-refractivity contribution in [3.05, 3.63) is 71.5 Å². The summed E-state index contributed by atoms with van der Waals surface area (Å²) in [6.45, 7) is 2.07. The van der Waals surface area contributed by atoms with Gasteiger partial charge in [0.2, 0.25) is 11.8 Å². The van der Waals surface area contributed by atoms with Gasteiger partial charge in [-0.2, -0.15) is 0 Å². The van der Waals surface area contributed by atoms with Crippen molar-refractivity contribution >= 4 is 23.6 Å². The first-order chi connectivity index (χ1) is 12.5. The highest BCUT2D eigenvalue weighted by atomic mass is 32.2. The van der Waals surface area contributed by atoms with Gasteiger partial charge in [-0.25, -0.2) is 4.39 Å². The minimum atomic E-state index is -0.582. The monoisotopic (exact) mass is 374 g/mol. The third-order valence-electron chi connectivity index (χ3n) is 4.05. The Balaban J connectivity index is 2.02. The number of carbonyl (C=O) groups is 2. The van der Waals surface area contributed by atoms with E-state index >= 15 is 0 Å². The second kappa shape index (κ2) is 9.97. The van der Waals surface area contributed by atoms with E-state index in [4.69, 9.17) is 0 Å².